The molecule has 0 radical (unpaired) electrons. The maximum atomic E-state index is 6.07. The van der Waals surface area contributed by atoms with Gasteiger partial charge in [-0.25, -0.2) is 0 Å². The van der Waals surface area contributed by atoms with Gasteiger partial charge in [-0.15, -0.1) is 0 Å². The summed E-state index contributed by atoms with van der Waals surface area (Å²) in [4.78, 5) is 8.92. The van der Waals surface area contributed by atoms with Crippen molar-refractivity contribution >= 4 is 39.5 Å². The van der Waals surface area contributed by atoms with Crippen LogP contribution in [0, 0.1) is 0 Å². The van der Waals surface area contributed by atoms with Gasteiger partial charge >= 0.3 is 106 Å². The van der Waals surface area contributed by atoms with E-state index < -0.39 is 0 Å². The summed E-state index contributed by atoms with van der Waals surface area (Å²) in [5, 5.41) is 1.08. The zero-order valence-corrected chi connectivity index (χ0v) is 11.6. The first-order valence-corrected chi connectivity index (χ1v) is 8.48. The van der Waals surface area contributed by atoms with Crippen LogP contribution in [0.5, 0.6) is 0 Å². The van der Waals surface area contributed by atoms with E-state index in [-0.39, 0.29) is 14.0 Å². The van der Waals surface area contributed by atoms with Gasteiger partial charge in [0.05, 0.1) is 0 Å². The quantitative estimate of drug-likeness (QED) is 0.811. The number of hydrogen-bond donors (Lipinski definition) is 0. The Labute approximate surface area is 106 Å². The van der Waals surface area contributed by atoms with E-state index in [4.69, 9.17) is 10.1 Å². The Bertz CT molecular complexity index is 487. The monoisotopic (exact) mass is 300 g/mol. The predicted molar refractivity (Wildman–Crippen MR) is 69.4 cm³/mol. The van der Waals surface area contributed by atoms with Crippen molar-refractivity contribution in [1.82, 2.24) is 9.97 Å². The summed E-state index contributed by atoms with van der Waals surface area (Å²) >= 11 is -0.0655. The Morgan fingerprint density at radius 1 is 1.38 bits per heavy atom. The minimum atomic E-state index is -0.0655. The van der Waals surface area contributed by atoms with Gasteiger partial charge in [0, 0.05) is 0 Å². The van der Waals surface area contributed by atoms with Crippen molar-refractivity contribution in [3.63, 3.8) is 0 Å². The molecule has 0 spiro atoms. The molecule has 0 fully saturated rings. The van der Waals surface area contributed by atoms with Gasteiger partial charge in [0.2, 0.25) is 0 Å². The molecule has 2 rings (SSSR count). The fourth-order valence-corrected chi connectivity index (χ4v) is 3.52. The molecule has 2 aromatic rings. The molecular weight excluding hydrogens is 287 g/mol. The molecule has 0 aliphatic heterocycles. The molecule has 0 N–H and O–H groups in total. The maximum absolute atomic E-state index is 6.07. The SMILES string of the molecule is CCCCc1ncc2cccnc2c1[Se]Cl. The van der Waals surface area contributed by atoms with Crippen LogP contribution in [0.4, 0.5) is 0 Å². The molecule has 0 aliphatic carbocycles. The molecule has 4 heteroatoms. The molecule has 0 saturated carbocycles. The second-order valence-corrected chi connectivity index (χ2v) is 5.64. The van der Waals surface area contributed by atoms with Crippen molar-refractivity contribution in [2.45, 2.75) is 26.2 Å². The second-order valence-electron chi connectivity index (χ2n) is 3.66. The second kappa shape index (κ2) is 5.62. The Morgan fingerprint density at radius 2 is 2.25 bits per heavy atom. The fraction of sp³-hybridized carbons (Fsp3) is 0.333. The summed E-state index contributed by atoms with van der Waals surface area (Å²) in [6, 6.07) is 3.96. The molecule has 0 atom stereocenters. The van der Waals surface area contributed by atoms with Gasteiger partial charge in [0.1, 0.15) is 0 Å². The third-order valence-electron chi connectivity index (χ3n) is 2.52. The van der Waals surface area contributed by atoms with Crippen molar-refractivity contribution in [2.24, 2.45) is 0 Å². The molecule has 16 heavy (non-hydrogen) atoms. The van der Waals surface area contributed by atoms with Crippen LogP contribution in [0.2, 0.25) is 0 Å². The van der Waals surface area contributed by atoms with Crippen molar-refractivity contribution in [3.8, 4) is 0 Å². The average molecular weight is 300 g/mol. The third-order valence-corrected chi connectivity index (χ3v) is 4.55. The number of halogens is 1. The predicted octanol–water partition coefficient (Wildman–Crippen LogP) is 2.46. The number of aryl methyl sites for hydroxylation is 1. The van der Waals surface area contributed by atoms with Crippen LogP contribution < -0.4 is 4.46 Å². The first kappa shape index (κ1) is 11.8. The van der Waals surface area contributed by atoms with Gasteiger partial charge in [-0.2, -0.15) is 0 Å². The van der Waals surface area contributed by atoms with E-state index in [1.54, 1.807) is 0 Å². The number of hydrogen-bond acceptors (Lipinski definition) is 2. The number of rotatable bonds is 4. The molecule has 2 heterocycles. The first-order chi connectivity index (χ1) is 7.86. The standard InChI is InChI=1S/C12H13ClN2Se/c1-2-3-6-10-12(16-13)11-9(8-15-10)5-4-7-14-11/h4-5,7-8H,2-3,6H2,1H3. The van der Waals surface area contributed by atoms with Crippen molar-refractivity contribution < 1.29 is 0 Å². The summed E-state index contributed by atoms with van der Waals surface area (Å²) in [5.41, 5.74) is 2.15. The van der Waals surface area contributed by atoms with Crippen LogP contribution in [0.3, 0.4) is 0 Å². The van der Waals surface area contributed by atoms with Gasteiger partial charge in [-0.1, -0.05) is 0 Å². The Morgan fingerprint density at radius 3 is 3.00 bits per heavy atom. The number of aromatic nitrogens is 2. The van der Waals surface area contributed by atoms with Gasteiger partial charge < -0.3 is 0 Å². The van der Waals surface area contributed by atoms with Crippen LogP contribution in [0.1, 0.15) is 25.5 Å². The molecule has 0 unspecified atom stereocenters. The molecular formula is C12H13ClN2Se. The minimum absolute atomic E-state index is 0.0655. The van der Waals surface area contributed by atoms with E-state index in [1.807, 2.05) is 24.5 Å². The Hall–Kier alpha value is -0.631. The molecule has 0 bridgehead atoms. The zero-order valence-electron chi connectivity index (χ0n) is 9.11. The fourth-order valence-electron chi connectivity index (χ4n) is 1.66. The number of nitrogens with zero attached hydrogens (tertiary/aromatic N) is 2. The zero-order chi connectivity index (χ0) is 11.4. The topological polar surface area (TPSA) is 25.8 Å². The molecule has 0 aromatic carbocycles. The Kier molecular flexibility index (Phi) is 4.16. The van der Waals surface area contributed by atoms with Crippen LogP contribution in [-0.4, -0.2) is 24.0 Å². The van der Waals surface area contributed by atoms with Crippen LogP contribution >= 0.6 is 10.1 Å². The molecule has 84 valence electrons. The average Bonchev–Trinajstić information content (AvgIpc) is 2.35. The molecule has 0 saturated heterocycles. The van der Waals surface area contributed by atoms with Gasteiger partial charge in [0.25, 0.3) is 0 Å². The summed E-state index contributed by atoms with van der Waals surface area (Å²) < 4.78 is 1.15. The van der Waals surface area contributed by atoms with Crippen LogP contribution in [-0.2, 0) is 6.42 Å². The molecule has 0 amide bonds. The van der Waals surface area contributed by atoms with Crippen molar-refractivity contribution in [1.29, 1.82) is 0 Å². The van der Waals surface area contributed by atoms with E-state index in [2.05, 4.69) is 16.9 Å². The van der Waals surface area contributed by atoms with Gasteiger partial charge in [-0.3, -0.25) is 0 Å². The summed E-state index contributed by atoms with van der Waals surface area (Å²) in [7, 11) is 6.07. The van der Waals surface area contributed by atoms with Crippen LogP contribution in [0.15, 0.2) is 24.5 Å². The van der Waals surface area contributed by atoms with Crippen LogP contribution in [0.25, 0.3) is 10.9 Å². The van der Waals surface area contributed by atoms with Gasteiger partial charge in [-0.05, 0) is 0 Å². The van der Waals surface area contributed by atoms with E-state index in [9.17, 15) is 0 Å². The van der Waals surface area contributed by atoms with Gasteiger partial charge in [0.15, 0.2) is 0 Å². The van der Waals surface area contributed by atoms with Crippen molar-refractivity contribution in [2.75, 3.05) is 0 Å². The van der Waals surface area contributed by atoms with E-state index in [0.717, 1.165) is 33.9 Å². The van der Waals surface area contributed by atoms with E-state index in [0.29, 0.717) is 0 Å². The van der Waals surface area contributed by atoms with E-state index >= 15 is 0 Å². The summed E-state index contributed by atoms with van der Waals surface area (Å²) in [6.07, 6.45) is 7.06. The first-order valence-electron chi connectivity index (χ1n) is 5.38. The van der Waals surface area contributed by atoms with E-state index in [1.165, 1.54) is 6.42 Å². The normalized spacial score (nSPS) is 10.9. The molecule has 2 aromatic heterocycles. The number of fused-ring (bicyclic) bond motifs is 1. The Balaban J connectivity index is 2.50. The molecule has 0 aliphatic rings. The van der Waals surface area contributed by atoms with Crippen molar-refractivity contribution in [3.05, 3.63) is 30.2 Å². The summed E-state index contributed by atoms with van der Waals surface area (Å²) in [6.45, 7) is 2.19. The summed E-state index contributed by atoms with van der Waals surface area (Å²) in [5.74, 6) is 0. The third kappa shape index (κ3) is 2.37. The molecule has 2 nitrogen and oxygen atoms in total. The number of pyridine rings is 2. The number of unbranched alkanes of at least 4 members (excludes halogenated alkanes) is 1.